The van der Waals surface area contributed by atoms with Crippen molar-refractivity contribution in [2.75, 3.05) is 6.61 Å². The molecule has 1 aliphatic carbocycles. The summed E-state index contributed by atoms with van der Waals surface area (Å²) in [6.07, 6.45) is 3.11. The highest BCUT2D eigenvalue weighted by atomic mass is 19.2. The van der Waals surface area contributed by atoms with E-state index in [1.807, 2.05) is 13.0 Å². The lowest BCUT2D eigenvalue weighted by atomic mass is 9.78. The van der Waals surface area contributed by atoms with Crippen molar-refractivity contribution >= 4 is 5.97 Å². The number of hydrogen-bond donors (Lipinski definition) is 1. The van der Waals surface area contributed by atoms with Crippen molar-refractivity contribution in [3.63, 3.8) is 0 Å². The van der Waals surface area contributed by atoms with Crippen LogP contribution in [-0.4, -0.2) is 17.7 Å². The molecule has 2 unspecified atom stereocenters. The highest BCUT2D eigenvalue weighted by molar-refractivity contribution is 5.76. The largest absolute Gasteiger partial charge is 0.423 e. The highest BCUT2D eigenvalue weighted by Crippen LogP contribution is 2.39. The van der Waals surface area contributed by atoms with Crippen molar-refractivity contribution in [2.24, 2.45) is 5.92 Å². The van der Waals surface area contributed by atoms with Gasteiger partial charge in [0.1, 0.15) is 11.9 Å². The van der Waals surface area contributed by atoms with Gasteiger partial charge < -0.3 is 14.6 Å². The molecule has 2 aliphatic rings. The Kier molecular flexibility index (Phi) is 7.86. The highest BCUT2D eigenvalue weighted by Gasteiger charge is 2.31. The van der Waals surface area contributed by atoms with Crippen LogP contribution in [0, 0.1) is 23.4 Å². The van der Waals surface area contributed by atoms with Gasteiger partial charge in [0.15, 0.2) is 11.6 Å². The second kappa shape index (κ2) is 11.3. The van der Waals surface area contributed by atoms with Gasteiger partial charge in [0.25, 0.3) is 0 Å². The Morgan fingerprint density at radius 1 is 1.00 bits per heavy atom. The number of carbonyl (C=O) groups excluding carboxylic acids is 1. The number of aliphatic hydroxyl groups excluding tert-OH is 1. The first-order valence-electron chi connectivity index (χ1n) is 13.2. The predicted molar refractivity (Wildman–Crippen MR) is 137 cm³/mol. The lowest BCUT2D eigenvalue weighted by Crippen LogP contribution is -2.25. The van der Waals surface area contributed by atoms with Crippen molar-refractivity contribution in [2.45, 2.75) is 63.6 Å². The normalized spacial score (nSPS) is 21.7. The smallest absolute Gasteiger partial charge is 0.314 e. The molecule has 3 aromatic rings. The van der Waals surface area contributed by atoms with E-state index < -0.39 is 35.4 Å². The van der Waals surface area contributed by atoms with Gasteiger partial charge in [-0.25, -0.2) is 8.78 Å². The average molecular weight is 525 g/mol. The van der Waals surface area contributed by atoms with Gasteiger partial charge in [0, 0.05) is 11.1 Å². The minimum atomic E-state index is -1.21. The Labute approximate surface area is 220 Å². The second-order valence-electron chi connectivity index (χ2n) is 10.2. The zero-order valence-corrected chi connectivity index (χ0v) is 21.3. The number of epoxide rings is 1. The second-order valence-corrected chi connectivity index (χ2v) is 10.2. The molecule has 2 atom stereocenters. The molecule has 0 bridgehead atoms. The van der Waals surface area contributed by atoms with Gasteiger partial charge in [-0.2, -0.15) is 4.39 Å². The molecular formula is C31H31F3O4. The lowest BCUT2D eigenvalue weighted by Gasteiger charge is -2.27. The van der Waals surface area contributed by atoms with E-state index in [-0.39, 0.29) is 23.4 Å². The van der Waals surface area contributed by atoms with Crippen LogP contribution < -0.4 is 4.74 Å². The Morgan fingerprint density at radius 3 is 2.34 bits per heavy atom. The quantitative estimate of drug-likeness (QED) is 0.188. The van der Waals surface area contributed by atoms with Gasteiger partial charge in [-0.3, -0.25) is 4.79 Å². The Bertz CT molecular complexity index is 1300. The molecule has 4 nitrogen and oxygen atoms in total. The number of aliphatic hydroxyl groups is 1. The summed E-state index contributed by atoms with van der Waals surface area (Å²) in [5.74, 6) is -3.90. The molecule has 0 radical (unpaired) electrons. The number of hydrogen-bond acceptors (Lipinski definition) is 4. The summed E-state index contributed by atoms with van der Waals surface area (Å²) in [6, 6.07) is 14.6. The summed E-state index contributed by atoms with van der Waals surface area (Å²) in [5, 5.41) is 10.1. The van der Waals surface area contributed by atoms with Crippen LogP contribution in [0.5, 0.6) is 5.75 Å². The first-order chi connectivity index (χ1) is 18.4. The van der Waals surface area contributed by atoms with E-state index in [9.17, 15) is 23.1 Å². The number of halogens is 3. The predicted octanol–water partition coefficient (Wildman–Crippen LogP) is 7.56. The van der Waals surface area contributed by atoms with Crippen molar-refractivity contribution in [1.82, 2.24) is 0 Å². The fourth-order valence-electron chi connectivity index (χ4n) is 5.30. The third-order valence-electron chi connectivity index (χ3n) is 7.66. The fraction of sp³-hybridized carbons (Fsp3) is 0.387. The molecule has 1 N–H and O–H groups in total. The molecule has 3 aromatic carbocycles. The maximum Gasteiger partial charge on any atom is 0.314 e. The van der Waals surface area contributed by atoms with Gasteiger partial charge >= 0.3 is 5.97 Å². The van der Waals surface area contributed by atoms with Crippen molar-refractivity contribution in [3.8, 4) is 16.9 Å². The summed E-state index contributed by atoms with van der Waals surface area (Å²) in [4.78, 5) is 12.8. The summed E-state index contributed by atoms with van der Waals surface area (Å²) in [7, 11) is 0. The van der Waals surface area contributed by atoms with E-state index in [2.05, 4.69) is 0 Å². The zero-order chi connectivity index (χ0) is 26.8. The molecule has 1 heterocycles. The number of benzene rings is 3. The third-order valence-corrected chi connectivity index (χ3v) is 7.66. The Morgan fingerprint density at radius 2 is 1.71 bits per heavy atom. The van der Waals surface area contributed by atoms with E-state index >= 15 is 0 Å². The molecule has 0 spiro atoms. The maximum atomic E-state index is 14.9. The average Bonchev–Trinajstić information content (AvgIpc) is 3.77. The number of esters is 1. The van der Waals surface area contributed by atoms with Crippen molar-refractivity contribution in [1.29, 1.82) is 0 Å². The molecule has 2 fully saturated rings. The molecule has 5 rings (SSSR count). The van der Waals surface area contributed by atoms with Crippen LogP contribution in [0.2, 0.25) is 0 Å². The molecule has 1 saturated carbocycles. The van der Waals surface area contributed by atoms with E-state index in [0.29, 0.717) is 55.4 Å². The van der Waals surface area contributed by atoms with Gasteiger partial charge in [-0.15, -0.1) is 0 Å². The minimum Gasteiger partial charge on any atom is -0.423 e. The van der Waals surface area contributed by atoms with Crippen LogP contribution in [-0.2, 0) is 9.53 Å². The van der Waals surface area contributed by atoms with Crippen LogP contribution >= 0.6 is 0 Å². The van der Waals surface area contributed by atoms with E-state index in [1.165, 1.54) is 12.1 Å². The summed E-state index contributed by atoms with van der Waals surface area (Å²) < 4.78 is 54.6. The van der Waals surface area contributed by atoms with E-state index in [4.69, 9.17) is 9.47 Å². The molecule has 7 heteroatoms. The summed E-state index contributed by atoms with van der Waals surface area (Å²) in [6.45, 7) is 2.52. The molecule has 0 aromatic heterocycles. The standard InChI is InChI=1S/C31H31F3O4/c1-2-3-26(35)20-8-6-19(7-9-20)23-14-15-27(30(34)29(23)33)38-31(36)21-10-4-18(5-11-21)22-12-13-24(25(32)16-22)28-17-37-28/h6-9,12-16,18,21,26,28,35H,2-5,10-11,17H2,1H3. The Balaban J connectivity index is 1.20. The zero-order valence-electron chi connectivity index (χ0n) is 21.3. The van der Waals surface area contributed by atoms with Gasteiger partial charge in [-0.05, 0) is 72.9 Å². The lowest BCUT2D eigenvalue weighted by molar-refractivity contribution is -0.140. The fourth-order valence-corrected chi connectivity index (χ4v) is 5.30. The van der Waals surface area contributed by atoms with Crippen LogP contribution in [0.15, 0.2) is 54.6 Å². The van der Waals surface area contributed by atoms with E-state index in [0.717, 1.165) is 12.0 Å². The molecular weight excluding hydrogens is 493 g/mol. The van der Waals surface area contributed by atoms with Crippen LogP contribution in [0.3, 0.4) is 0 Å². The first-order valence-corrected chi connectivity index (χ1v) is 13.2. The molecule has 1 saturated heterocycles. The summed E-state index contributed by atoms with van der Waals surface area (Å²) in [5.41, 5.74) is 2.70. The number of carbonyl (C=O) groups is 1. The first kappa shape index (κ1) is 26.4. The summed E-state index contributed by atoms with van der Waals surface area (Å²) >= 11 is 0. The van der Waals surface area contributed by atoms with E-state index in [1.54, 1.807) is 36.4 Å². The van der Waals surface area contributed by atoms with Crippen LogP contribution in [0.4, 0.5) is 13.2 Å². The Hall–Kier alpha value is -3.16. The van der Waals surface area contributed by atoms with Gasteiger partial charge in [-0.1, -0.05) is 49.7 Å². The maximum absolute atomic E-state index is 14.9. The molecule has 38 heavy (non-hydrogen) atoms. The SMILES string of the molecule is CCCC(O)c1ccc(-c2ccc(OC(=O)C3CCC(c4ccc(C5CO5)c(F)c4)CC3)c(F)c2F)cc1. The molecule has 200 valence electrons. The number of rotatable bonds is 8. The van der Waals surface area contributed by atoms with Gasteiger partial charge in [0.2, 0.25) is 5.82 Å². The van der Waals surface area contributed by atoms with Gasteiger partial charge in [0.05, 0.1) is 18.6 Å². The minimum absolute atomic E-state index is 0.0471. The number of ether oxygens (including phenoxy) is 2. The third kappa shape index (κ3) is 5.64. The van der Waals surface area contributed by atoms with Crippen LogP contribution in [0.1, 0.15) is 80.3 Å². The topological polar surface area (TPSA) is 59.1 Å². The molecule has 0 amide bonds. The molecule has 1 aliphatic heterocycles. The van der Waals surface area contributed by atoms with Crippen molar-refractivity contribution in [3.05, 3.63) is 88.7 Å². The van der Waals surface area contributed by atoms with Crippen molar-refractivity contribution < 1.29 is 32.5 Å². The van der Waals surface area contributed by atoms with Crippen LogP contribution in [0.25, 0.3) is 11.1 Å². The monoisotopic (exact) mass is 524 g/mol.